The van der Waals surface area contributed by atoms with Crippen LogP contribution < -0.4 is 0 Å². The van der Waals surface area contributed by atoms with Gasteiger partial charge in [-0.15, -0.1) is 11.2 Å². The Hall–Kier alpha value is -1.05. The average molecular weight is 209 g/mol. The molecule has 0 fully saturated rings. The second kappa shape index (κ2) is 4.99. The summed E-state index contributed by atoms with van der Waals surface area (Å²) in [6.07, 6.45) is 5.45. The lowest BCUT2D eigenvalue weighted by Gasteiger charge is -2.02. The summed E-state index contributed by atoms with van der Waals surface area (Å²) in [6.45, 7) is 6.42. The van der Waals surface area contributed by atoms with Crippen LogP contribution in [0.15, 0.2) is 16.4 Å². The molecule has 1 aromatic rings. The Bertz CT molecular complexity index is 393. The Kier molecular flexibility index (Phi) is 3.93. The molecule has 0 bridgehead atoms. The molecule has 0 amide bonds. The maximum absolute atomic E-state index is 5.20. The molecule has 0 radical (unpaired) electrons. The molecule has 1 heterocycles. The summed E-state index contributed by atoms with van der Waals surface area (Å²) in [4.78, 5) is 4.14. The Labute approximate surface area is 88.6 Å². The van der Waals surface area contributed by atoms with Gasteiger partial charge >= 0.3 is 0 Å². The first-order chi connectivity index (χ1) is 6.65. The van der Waals surface area contributed by atoms with E-state index in [1.807, 2.05) is 12.3 Å². The van der Waals surface area contributed by atoms with E-state index < -0.39 is 0 Å². The van der Waals surface area contributed by atoms with Gasteiger partial charge in [-0.1, -0.05) is 19.4 Å². The zero-order valence-electron chi connectivity index (χ0n) is 9.00. The molecule has 0 unspecified atom stereocenters. The average Bonchev–Trinajstić information content (AvgIpc) is 2.53. The van der Waals surface area contributed by atoms with Crippen molar-refractivity contribution in [3.05, 3.63) is 23.4 Å². The highest BCUT2D eigenvalue weighted by Gasteiger charge is 2.04. The van der Waals surface area contributed by atoms with Gasteiger partial charge in [0.1, 0.15) is 5.69 Å². The van der Waals surface area contributed by atoms with Gasteiger partial charge in [0.15, 0.2) is 6.39 Å². The molecule has 1 aromatic heterocycles. The molecule has 0 aromatic carbocycles. The number of aromatic nitrogens is 1. The fourth-order valence-corrected chi connectivity index (χ4v) is 1.25. The van der Waals surface area contributed by atoms with Crippen LogP contribution in [0.3, 0.4) is 0 Å². The first-order valence-electron chi connectivity index (χ1n) is 4.55. The van der Waals surface area contributed by atoms with E-state index in [1.165, 1.54) is 23.1 Å². The van der Waals surface area contributed by atoms with Crippen LogP contribution in [0.25, 0.3) is 6.08 Å². The number of hydrogen-bond acceptors (Lipinski definition) is 2. The largest absolute Gasteiger partial charge is 0.434 e. The molecule has 0 aliphatic heterocycles. The van der Waals surface area contributed by atoms with Crippen molar-refractivity contribution < 1.29 is 4.42 Å². The maximum Gasteiger partial charge on any atom is 0.206 e. The fourth-order valence-electron chi connectivity index (χ4n) is 0.909. The quantitative estimate of drug-likeness (QED) is 0.746. The van der Waals surface area contributed by atoms with Crippen molar-refractivity contribution in [1.82, 2.24) is 4.98 Å². The maximum atomic E-state index is 5.20. The third-order valence-electron chi connectivity index (χ3n) is 2.06. The first kappa shape index (κ1) is 11.0. The molecule has 2 nitrogen and oxygen atoms in total. The summed E-state index contributed by atoms with van der Waals surface area (Å²) in [5.41, 5.74) is 2.16. The van der Waals surface area contributed by atoms with Gasteiger partial charge in [-0.25, -0.2) is 4.98 Å². The highest BCUT2D eigenvalue weighted by Crippen LogP contribution is 2.15. The van der Waals surface area contributed by atoms with Gasteiger partial charge in [-0.3, -0.25) is 0 Å². The first-order valence-corrected chi connectivity index (χ1v) is 5.78. The minimum absolute atomic E-state index is 0.536. The summed E-state index contributed by atoms with van der Waals surface area (Å²) < 4.78 is 5.20. The van der Waals surface area contributed by atoms with E-state index in [2.05, 4.69) is 30.9 Å². The Morgan fingerprint density at radius 1 is 1.64 bits per heavy atom. The summed E-state index contributed by atoms with van der Waals surface area (Å²) in [6, 6.07) is 0. The van der Waals surface area contributed by atoms with Crippen LogP contribution in [-0.2, 0) is 0 Å². The summed E-state index contributed by atoms with van der Waals surface area (Å²) in [7, 11) is 0. The van der Waals surface area contributed by atoms with E-state index in [4.69, 9.17) is 4.42 Å². The number of oxazole rings is 1. The van der Waals surface area contributed by atoms with Gasteiger partial charge in [-0.2, -0.15) is 0 Å². The number of nitrogens with zero attached hydrogens (tertiary/aromatic N) is 1. The summed E-state index contributed by atoms with van der Waals surface area (Å²) in [5, 5.41) is 3.04. The van der Waals surface area contributed by atoms with E-state index in [9.17, 15) is 0 Å². The number of allylic oxidation sites excluding steroid dienone is 1. The van der Waals surface area contributed by atoms with Crippen LogP contribution in [0.1, 0.15) is 32.2 Å². The number of hydrogen-bond donors (Lipinski definition) is 0. The minimum atomic E-state index is 0.536. The van der Waals surface area contributed by atoms with Gasteiger partial charge in [0.05, 0.1) is 0 Å². The Morgan fingerprint density at radius 3 is 2.93 bits per heavy atom. The van der Waals surface area contributed by atoms with Gasteiger partial charge in [0.2, 0.25) is 5.76 Å². The van der Waals surface area contributed by atoms with Crippen LogP contribution in [0.5, 0.6) is 0 Å². The molecule has 0 spiro atoms. The molecule has 1 rings (SSSR count). The predicted octanol–water partition coefficient (Wildman–Crippen LogP) is 3.40. The van der Waals surface area contributed by atoms with Crippen LogP contribution in [-0.4, -0.2) is 11.2 Å². The normalized spacial score (nSPS) is 11.6. The van der Waals surface area contributed by atoms with Crippen molar-refractivity contribution in [2.45, 2.75) is 20.8 Å². The molecule has 0 saturated heterocycles. The zero-order valence-corrected chi connectivity index (χ0v) is 9.81. The van der Waals surface area contributed by atoms with Crippen LogP contribution in [0.2, 0.25) is 0 Å². The van der Waals surface area contributed by atoms with Crippen molar-refractivity contribution >= 4 is 17.2 Å². The molecule has 0 aliphatic carbocycles. The fraction of sp³-hybridized carbons (Fsp3) is 0.455. The molecular formula is C11H15NOS. The molecule has 0 saturated carbocycles. The van der Waals surface area contributed by atoms with Crippen molar-refractivity contribution in [2.24, 2.45) is 5.92 Å². The molecule has 14 heavy (non-hydrogen) atoms. The highest BCUT2D eigenvalue weighted by molar-refractivity contribution is 7.88. The van der Waals surface area contributed by atoms with Gasteiger partial charge in [0, 0.05) is 6.26 Å². The van der Waals surface area contributed by atoms with Crippen molar-refractivity contribution in [1.29, 1.82) is 0 Å². The van der Waals surface area contributed by atoms with Gasteiger partial charge < -0.3 is 4.42 Å². The Balaban J connectivity index is 3.00. The molecule has 0 aliphatic rings. The second-order valence-electron chi connectivity index (χ2n) is 3.42. The van der Waals surface area contributed by atoms with E-state index in [0.717, 1.165) is 11.5 Å². The lowest BCUT2D eigenvalue weighted by Crippen LogP contribution is -1.89. The lowest BCUT2D eigenvalue weighted by molar-refractivity contribution is 0.546. The summed E-state index contributed by atoms with van der Waals surface area (Å²) in [5.74, 6) is 1.26. The van der Waals surface area contributed by atoms with Crippen LogP contribution in [0, 0.1) is 11.1 Å². The van der Waals surface area contributed by atoms with Crippen molar-refractivity contribution in [3.8, 4) is 5.18 Å². The van der Waals surface area contributed by atoms with E-state index in [1.54, 1.807) is 0 Å². The van der Waals surface area contributed by atoms with Crippen molar-refractivity contribution in [3.63, 3.8) is 0 Å². The molecular weight excluding hydrogens is 194 g/mol. The van der Waals surface area contributed by atoms with Crippen LogP contribution in [0.4, 0.5) is 0 Å². The highest BCUT2D eigenvalue weighted by atomic mass is 32.1. The lowest BCUT2D eigenvalue weighted by atomic mass is 10.0. The van der Waals surface area contributed by atoms with Crippen LogP contribution >= 0.6 is 11.2 Å². The van der Waals surface area contributed by atoms with Crippen molar-refractivity contribution in [2.75, 3.05) is 6.26 Å². The van der Waals surface area contributed by atoms with Gasteiger partial charge in [-0.05, 0) is 24.1 Å². The Morgan fingerprint density at radius 2 is 2.36 bits per heavy atom. The number of rotatable bonds is 2. The smallest absolute Gasteiger partial charge is 0.206 e. The van der Waals surface area contributed by atoms with Gasteiger partial charge in [0.25, 0.3) is 0 Å². The van der Waals surface area contributed by atoms with E-state index in [0.29, 0.717) is 5.92 Å². The minimum Gasteiger partial charge on any atom is -0.434 e. The third-order valence-corrected chi connectivity index (χ3v) is 2.45. The standard InChI is InChI=1S/C11H15NOS/c1-8(2)9(3)5-10-11(6-14-4)13-7-12-10/h5,7-8H,1-4H3/b9-5+. The molecule has 0 N–H and O–H groups in total. The monoisotopic (exact) mass is 209 g/mol. The SMILES string of the molecule is CS#Cc1ocnc1/C=C(\C)C(C)C. The summed E-state index contributed by atoms with van der Waals surface area (Å²) >= 11 is 1.50. The third kappa shape index (κ3) is 2.72. The topological polar surface area (TPSA) is 26.0 Å². The predicted molar refractivity (Wildman–Crippen MR) is 61.5 cm³/mol. The molecule has 3 heteroatoms. The van der Waals surface area contributed by atoms with E-state index in [-0.39, 0.29) is 0 Å². The second-order valence-corrected chi connectivity index (χ2v) is 4.03. The molecule has 76 valence electrons. The molecule has 0 atom stereocenters. The zero-order chi connectivity index (χ0) is 10.6. The van der Waals surface area contributed by atoms with E-state index >= 15 is 0 Å².